The average Bonchev–Trinajstić information content (AvgIpc) is 2.74. The molecule has 6 heteroatoms. The number of hydrogen-bond acceptors (Lipinski definition) is 5. The number of amides is 1. The van der Waals surface area contributed by atoms with Gasteiger partial charge in [-0.25, -0.2) is 4.98 Å². The zero-order chi connectivity index (χ0) is 20.9. The van der Waals surface area contributed by atoms with Crippen molar-refractivity contribution in [2.45, 2.75) is 20.4 Å². The van der Waals surface area contributed by atoms with Gasteiger partial charge in [-0.2, -0.15) is 4.98 Å². The van der Waals surface area contributed by atoms with Gasteiger partial charge in [0.05, 0.1) is 5.52 Å². The van der Waals surface area contributed by atoms with Gasteiger partial charge in [-0.15, -0.1) is 0 Å². The van der Waals surface area contributed by atoms with E-state index in [9.17, 15) is 4.79 Å². The maximum Gasteiger partial charge on any atom is 0.229 e. The molecule has 0 aliphatic heterocycles. The number of anilines is 4. The first-order valence-electron chi connectivity index (χ1n) is 9.78. The molecule has 0 saturated heterocycles. The van der Waals surface area contributed by atoms with E-state index in [1.165, 1.54) is 18.1 Å². The zero-order valence-electron chi connectivity index (χ0n) is 16.9. The summed E-state index contributed by atoms with van der Waals surface area (Å²) in [6.45, 7) is 4.24. The van der Waals surface area contributed by atoms with Crippen LogP contribution in [0.15, 0.2) is 72.8 Å². The Hall–Kier alpha value is -3.93. The summed E-state index contributed by atoms with van der Waals surface area (Å²) in [5.41, 5.74) is 4.86. The lowest BCUT2D eigenvalue weighted by atomic mass is 10.1. The molecule has 30 heavy (non-hydrogen) atoms. The molecule has 0 aliphatic carbocycles. The average molecular weight is 397 g/mol. The summed E-state index contributed by atoms with van der Waals surface area (Å²) in [4.78, 5) is 20.5. The van der Waals surface area contributed by atoms with Crippen LogP contribution in [0.25, 0.3) is 10.9 Å². The van der Waals surface area contributed by atoms with Crippen LogP contribution in [0.4, 0.5) is 23.1 Å². The standard InChI is InChI=1S/C24H23N5O/c1-16-7-9-18(10-8-16)15-25-23-21-5-3-4-6-22(21)28-24(29-23)27-20-13-11-19(12-14-20)26-17(2)30/h3-14H,15H2,1-2H3,(H,26,30)(H2,25,27,28,29). The highest BCUT2D eigenvalue weighted by atomic mass is 16.1. The summed E-state index contributed by atoms with van der Waals surface area (Å²) in [6, 6.07) is 23.8. The second kappa shape index (κ2) is 8.61. The fourth-order valence-corrected chi connectivity index (χ4v) is 3.13. The van der Waals surface area contributed by atoms with Crippen molar-refractivity contribution in [3.63, 3.8) is 0 Å². The monoisotopic (exact) mass is 397 g/mol. The van der Waals surface area contributed by atoms with E-state index in [-0.39, 0.29) is 5.91 Å². The zero-order valence-corrected chi connectivity index (χ0v) is 16.9. The lowest BCUT2D eigenvalue weighted by Gasteiger charge is -2.12. The van der Waals surface area contributed by atoms with Crippen LogP contribution in [0.5, 0.6) is 0 Å². The highest BCUT2D eigenvalue weighted by Crippen LogP contribution is 2.24. The molecule has 0 radical (unpaired) electrons. The Balaban J connectivity index is 1.57. The van der Waals surface area contributed by atoms with Crippen LogP contribution in [0.2, 0.25) is 0 Å². The fourth-order valence-electron chi connectivity index (χ4n) is 3.13. The Kier molecular flexibility index (Phi) is 5.57. The molecule has 1 heterocycles. The van der Waals surface area contributed by atoms with E-state index in [1.807, 2.05) is 48.5 Å². The number of para-hydroxylation sites is 1. The second-order valence-corrected chi connectivity index (χ2v) is 7.14. The van der Waals surface area contributed by atoms with Crippen LogP contribution in [-0.2, 0) is 11.3 Å². The van der Waals surface area contributed by atoms with Crippen LogP contribution >= 0.6 is 0 Å². The summed E-state index contributed by atoms with van der Waals surface area (Å²) in [5.74, 6) is 1.18. The molecule has 0 saturated carbocycles. The third kappa shape index (κ3) is 4.72. The topological polar surface area (TPSA) is 78.9 Å². The van der Waals surface area contributed by atoms with E-state index in [0.717, 1.165) is 28.1 Å². The highest BCUT2D eigenvalue weighted by molar-refractivity contribution is 5.90. The van der Waals surface area contributed by atoms with E-state index in [2.05, 4.69) is 52.1 Å². The lowest BCUT2D eigenvalue weighted by molar-refractivity contribution is -0.114. The van der Waals surface area contributed by atoms with Crippen molar-refractivity contribution in [2.24, 2.45) is 0 Å². The van der Waals surface area contributed by atoms with E-state index >= 15 is 0 Å². The number of fused-ring (bicyclic) bond motifs is 1. The molecule has 0 unspecified atom stereocenters. The van der Waals surface area contributed by atoms with E-state index in [0.29, 0.717) is 12.5 Å². The molecular formula is C24H23N5O. The fraction of sp³-hybridized carbons (Fsp3) is 0.125. The van der Waals surface area contributed by atoms with Crippen molar-refractivity contribution in [2.75, 3.05) is 16.0 Å². The van der Waals surface area contributed by atoms with E-state index < -0.39 is 0 Å². The number of carbonyl (C=O) groups is 1. The van der Waals surface area contributed by atoms with Crippen LogP contribution < -0.4 is 16.0 Å². The third-order valence-electron chi connectivity index (χ3n) is 4.65. The third-order valence-corrected chi connectivity index (χ3v) is 4.65. The van der Waals surface area contributed by atoms with Crippen molar-refractivity contribution in [1.29, 1.82) is 0 Å². The van der Waals surface area contributed by atoms with Gasteiger partial charge in [-0.1, -0.05) is 42.0 Å². The minimum atomic E-state index is -0.0992. The molecule has 0 spiro atoms. The quantitative estimate of drug-likeness (QED) is 0.414. The van der Waals surface area contributed by atoms with E-state index in [4.69, 9.17) is 4.98 Å². The molecule has 4 aromatic rings. The van der Waals surface area contributed by atoms with Gasteiger partial charge in [0.25, 0.3) is 0 Å². The number of aromatic nitrogens is 2. The molecule has 3 aromatic carbocycles. The number of hydrogen-bond donors (Lipinski definition) is 3. The Morgan fingerprint density at radius 1 is 0.867 bits per heavy atom. The number of nitrogens with one attached hydrogen (secondary N) is 3. The molecule has 4 rings (SSSR count). The summed E-state index contributed by atoms with van der Waals surface area (Å²) in [5, 5.41) is 10.4. The minimum absolute atomic E-state index is 0.0992. The maximum atomic E-state index is 11.2. The molecule has 3 N–H and O–H groups in total. The Morgan fingerprint density at radius 2 is 1.57 bits per heavy atom. The maximum absolute atomic E-state index is 11.2. The molecule has 1 amide bonds. The number of carbonyl (C=O) groups excluding carboxylic acids is 1. The second-order valence-electron chi connectivity index (χ2n) is 7.14. The summed E-state index contributed by atoms with van der Waals surface area (Å²) >= 11 is 0. The van der Waals surface area contributed by atoms with Crippen LogP contribution in [-0.4, -0.2) is 15.9 Å². The molecule has 0 atom stereocenters. The number of aryl methyl sites for hydroxylation is 1. The van der Waals surface area contributed by atoms with Gasteiger partial charge in [0.2, 0.25) is 11.9 Å². The smallest absolute Gasteiger partial charge is 0.229 e. The molecule has 0 bridgehead atoms. The predicted molar refractivity (Wildman–Crippen MR) is 122 cm³/mol. The number of benzene rings is 3. The van der Waals surface area contributed by atoms with Crippen molar-refractivity contribution >= 4 is 40.0 Å². The van der Waals surface area contributed by atoms with E-state index in [1.54, 1.807) is 0 Å². The molecule has 150 valence electrons. The van der Waals surface area contributed by atoms with Crippen molar-refractivity contribution in [3.05, 3.63) is 83.9 Å². The summed E-state index contributed by atoms with van der Waals surface area (Å²) < 4.78 is 0. The summed E-state index contributed by atoms with van der Waals surface area (Å²) in [7, 11) is 0. The summed E-state index contributed by atoms with van der Waals surface area (Å²) in [6.07, 6.45) is 0. The first-order chi connectivity index (χ1) is 14.6. The number of rotatable bonds is 6. The van der Waals surface area contributed by atoms with Crippen LogP contribution in [0, 0.1) is 6.92 Å². The molecule has 0 aliphatic rings. The SMILES string of the molecule is CC(=O)Nc1ccc(Nc2nc(NCc3ccc(C)cc3)c3ccccc3n2)cc1. The van der Waals surface area contributed by atoms with Crippen molar-refractivity contribution in [1.82, 2.24) is 9.97 Å². The first-order valence-corrected chi connectivity index (χ1v) is 9.78. The van der Waals surface area contributed by atoms with Gasteiger partial charge in [-0.3, -0.25) is 4.79 Å². The Morgan fingerprint density at radius 3 is 2.30 bits per heavy atom. The van der Waals surface area contributed by atoms with Gasteiger partial charge in [0.1, 0.15) is 5.82 Å². The van der Waals surface area contributed by atoms with Gasteiger partial charge in [0.15, 0.2) is 0 Å². The first kappa shape index (κ1) is 19.4. The van der Waals surface area contributed by atoms with Crippen molar-refractivity contribution in [3.8, 4) is 0 Å². The Labute approximate surface area is 175 Å². The molecule has 1 aromatic heterocycles. The molecule has 0 fully saturated rings. The number of nitrogens with zero attached hydrogens (tertiary/aromatic N) is 2. The Bertz CT molecular complexity index is 1170. The normalized spacial score (nSPS) is 10.6. The van der Waals surface area contributed by atoms with Gasteiger partial charge in [-0.05, 0) is 48.9 Å². The van der Waals surface area contributed by atoms with Gasteiger partial charge >= 0.3 is 0 Å². The highest BCUT2D eigenvalue weighted by Gasteiger charge is 2.08. The van der Waals surface area contributed by atoms with Crippen LogP contribution in [0.1, 0.15) is 18.1 Å². The van der Waals surface area contributed by atoms with Gasteiger partial charge < -0.3 is 16.0 Å². The van der Waals surface area contributed by atoms with Gasteiger partial charge in [0, 0.05) is 30.2 Å². The minimum Gasteiger partial charge on any atom is -0.365 e. The van der Waals surface area contributed by atoms with Crippen LogP contribution in [0.3, 0.4) is 0 Å². The predicted octanol–water partition coefficient (Wildman–Crippen LogP) is 5.25. The lowest BCUT2D eigenvalue weighted by Crippen LogP contribution is -2.06. The largest absolute Gasteiger partial charge is 0.365 e. The molecule has 6 nitrogen and oxygen atoms in total. The molecular weight excluding hydrogens is 374 g/mol. The van der Waals surface area contributed by atoms with Crippen molar-refractivity contribution < 1.29 is 4.79 Å².